The minimum absolute atomic E-state index is 0.826. The molecule has 2 rings (SSSR count). The van der Waals surface area contributed by atoms with Crippen LogP contribution in [0, 0.1) is 11.8 Å². The summed E-state index contributed by atoms with van der Waals surface area (Å²) < 4.78 is 0. The zero-order valence-corrected chi connectivity index (χ0v) is 7.43. The summed E-state index contributed by atoms with van der Waals surface area (Å²) in [6.45, 7) is 4.74. The predicted molar refractivity (Wildman–Crippen MR) is 48.3 cm³/mol. The van der Waals surface area contributed by atoms with E-state index in [1.807, 2.05) is 0 Å². The van der Waals surface area contributed by atoms with Gasteiger partial charge in [0.1, 0.15) is 0 Å². The molecular formula is C11H16. The van der Waals surface area contributed by atoms with Crippen LogP contribution < -0.4 is 0 Å². The Labute approximate surface area is 69.0 Å². The van der Waals surface area contributed by atoms with Gasteiger partial charge in [0.15, 0.2) is 0 Å². The minimum Gasteiger partial charge on any atom is -0.0802 e. The van der Waals surface area contributed by atoms with E-state index in [2.05, 4.69) is 26.0 Å². The summed E-state index contributed by atoms with van der Waals surface area (Å²) in [6, 6.07) is 0. The van der Waals surface area contributed by atoms with Gasteiger partial charge in [0, 0.05) is 0 Å². The van der Waals surface area contributed by atoms with Crippen LogP contribution in [0.25, 0.3) is 0 Å². The smallest absolute Gasteiger partial charge is 0.0130 e. The maximum atomic E-state index is 2.37. The molecule has 60 valence electrons. The molecular weight excluding hydrogens is 132 g/mol. The standard InChI is InChI=1S/C11H16/c1-8-6-9(2)11-5-3-4-10(11)7-8/h3,5,8-9H,4,6-7H2,1-2H3. The molecule has 0 saturated heterocycles. The maximum Gasteiger partial charge on any atom is -0.0130 e. The first-order valence-electron chi connectivity index (χ1n) is 4.66. The van der Waals surface area contributed by atoms with E-state index in [4.69, 9.17) is 0 Å². The van der Waals surface area contributed by atoms with Gasteiger partial charge in [0.25, 0.3) is 0 Å². The van der Waals surface area contributed by atoms with Crippen molar-refractivity contribution in [3.8, 4) is 0 Å². The van der Waals surface area contributed by atoms with E-state index in [9.17, 15) is 0 Å². The molecule has 0 amide bonds. The van der Waals surface area contributed by atoms with E-state index in [0.717, 1.165) is 11.8 Å². The quantitative estimate of drug-likeness (QED) is 0.494. The molecule has 0 aromatic heterocycles. The van der Waals surface area contributed by atoms with Gasteiger partial charge in [-0.25, -0.2) is 0 Å². The van der Waals surface area contributed by atoms with Gasteiger partial charge in [-0.2, -0.15) is 0 Å². The van der Waals surface area contributed by atoms with E-state index in [1.165, 1.54) is 19.3 Å². The summed E-state index contributed by atoms with van der Waals surface area (Å²) in [4.78, 5) is 0. The van der Waals surface area contributed by atoms with Gasteiger partial charge in [0.05, 0.1) is 0 Å². The SMILES string of the molecule is CC1CC2=C(C=CC2)C(C)C1. The molecule has 0 heteroatoms. The number of rotatable bonds is 0. The zero-order chi connectivity index (χ0) is 7.84. The molecule has 0 spiro atoms. The molecule has 0 fully saturated rings. The van der Waals surface area contributed by atoms with Crippen molar-refractivity contribution in [2.75, 3.05) is 0 Å². The summed E-state index contributed by atoms with van der Waals surface area (Å²) in [6.07, 6.45) is 8.64. The van der Waals surface area contributed by atoms with Crippen LogP contribution in [0.15, 0.2) is 23.3 Å². The Morgan fingerprint density at radius 1 is 1.36 bits per heavy atom. The Morgan fingerprint density at radius 2 is 2.18 bits per heavy atom. The van der Waals surface area contributed by atoms with Crippen molar-refractivity contribution in [3.63, 3.8) is 0 Å². The Morgan fingerprint density at radius 3 is 3.00 bits per heavy atom. The number of hydrogen-bond donors (Lipinski definition) is 0. The van der Waals surface area contributed by atoms with Crippen LogP contribution >= 0.6 is 0 Å². The van der Waals surface area contributed by atoms with E-state index in [0.29, 0.717) is 0 Å². The van der Waals surface area contributed by atoms with Crippen LogP contribution in [0.1, 0.15) is 33.1 Å². The average molecular weight is 148 g/mol. The number of allylic oxidation sites excluding steroid dienone is 4. The van der Waals surface area contributed by atoms with Crippen LogP contribution in [-0.4, -0.2) is 0 Å². The fourth-order valence-corrected chi connectivity index (χ4v) is 2.51. The molecule has 0 aromatic carbocycles. The fraction of sp³-hybridized carbons (Fsp3) is 0.636. The van der Waals surface area contributed by atoms with Crippen LogP contribution in [-0.2, 0) is 0 Å². The summed E-state index contributed by atoms with van der Waals surface area (Å²) in [5, 5.41) is 0. The Kier molecular flexibility index (Phi) is 1.63. The molecule has 0 aliphatic heterocycles. The van der Waals surface area contributed by atoms with Crippen molar-refractivity contribution >= 4 is 0 Å². The first-order chi connectivity index (χ1) is 5.27. The molecule has 2 aliphatic carbocycles. The lowest BCUT2D eigenvalue weighted by molar-refractivity contribution is 0.422. The van der Waals surface area contributed by atoms with Crippen molar-refractivity contribution in [1.29, 1.82) is 0 Å². The molecule has 2 aliphatic rings. The van der Waals surface area contributed by atoms with Gasteiger partial charge in [-0.05, 0) is 36.7 Å². The van der Waals surface area contributed by atoms with Gasteiger partial charge >= 0.3 is 0 Å². The second kappa shape index (κ2) is 2.51. The Balaban J connectivity index is 2.26. The summed E-state index contributed by atoms with van der Waals surface area (Å²) in [7, 11) is 0. The van der Waals surface area contributed by atoms with Gasteiger partial charge < -0.3 is 0 Å². The van der Waals surface area contributed by atoms with Crippen LogP contribution in [0.5, 0.6) is 0 Å². The van der Waals surface area contributed by atoms with Crippen molar-refractivity contribution in [1.82, 2.24) is 0 Å². The minimum atomic E-state index is 0.826. The zero-order valence-electron chi connectivity index (χ0n) is 7.43. The van der Waals surface area contributed by atoms with Crippen molar-refractivity contribution in [2.24, 2.45) is 11.8 Å². The average Bonchev–Trinajstić information content (AvgIpc) is 2.34. The Hall–Kier alpha value is -0.520. The second-order valence-electron chi connectivity index (χ2n) is 4.11. The normalized spacial score (nSPS) is 36.2. The lowest BCUT2D eigenvalue weighted by Gasteiger charge is -2.26. The Bertz CT molecular complexity index is 220. The third-order valence-corrected chi connectivity index (χ3v) is 2.95. The van der Waals surface area contributed by atoms with Gasteiger partial charge in [-0.1, -0.05) is 31.6 Å². The van der Waals surface area contributed by atoms with E-state index in [-0.39, 0.29) is 0 Å². The summed E-state index contributed by atoms with van der Waals surface area (Å²) >= 11 is 0. The van der Waals surface area contributed by atoms with Gasteiger partial charge in [-0.3, -0.25) is 0 Å². The monoisotopic (exact) mass is 148 g/mol. The topological polar surface area (TPSA) is 0 Å². The fourth-order valence-electron chi connectivity index (χ4n) is 2.51. The molecule has 0 nitrogen and oxygen atoms in total. The maximum absolute atomic E-state index is 2.37. The largest absolute Gasteiger partial charge is 0.0802 e. The molecule has 0 N–H and O–H groups in total. The van der Waals surface area contributed by atoms with E-state index in [1.54, 1.807) is 11.1 Å². The predicted octanol–water partition coefficient (Wildman–Crippen LogP) is 3.31. The van der Waals surface area contributed by atoms with E-state index >= 15 is 0 Å². The molecule has 0 radical (unpaired) electrons. The summed E-state index contributed by atoms with van der Waals surface area (Å²) in [5.41, 5.74) is 3.37. The lowest BCUT2D eigenvalue weighted by atomic mass is 9.80. The lowest BCUT2D eigenvalue weighted by Crippen LogP contribution is -2.12. The first-order valence-corrected chi connectivity index (χ1v) is 4.66. The molecule has 0 aromatic rings. The highest BCUT2D eigenvalue weighted by molar-refractivity contribution is 5.37. The highest BCUT2D eigenvalue weighted by Gasteiger charge is 2.23. The molecule has 2 unspecified atom stereocenters. The van der Waals surface area contributed by atoms with Gasteiger partial charge in [0.2, 0.25) is 0 Å². The first kappa shape index (κ1) is 7.15. The van der Waals surface area contributed by atoms with Crippen molar-refractivity contribution in [3.05, 3.63) is 23.3 Å². The number of hydrogen-bond acceptors (Lipinski definition) is 0. The molecule has 2 atom stereocenters. The molecule has 0 heterocycles. The van der Waals surface area contributed by atoms with Crippen LogP contribution in [0.2, 0.25) is 0 Å². The third-order valence-electron chi connectivity index (χ3n) is 2.95. The van der Waals surface area contributed by atoms with E-state index < -0.39 is 0 Å². The van der Waals surface area contributed by atoms with Crippen LogP contribution in [0.4, 0.5) is 0 Å². The highest BCUT2D eigenvalue weighted by atomic mass is 14.3. The molecule has 0 bridgehead atoms. The van der Waals surface area contributed by atoms with Crippen LogP contribution in [0.3, 0.4) is 0 Å². The third kappa shape index (κ3) is 1.15. The summed E-state index contributed by atoms with van der Waals surface area (Å²) in [5.74, 6) is 1.75. The molecule has 0 saturated carbocycles. The highest BCUT2D eigenvalue weighted by Crippen LogP contribution is 2.38. The molecule has 11 heavy (non-hydrogen) atoms. The van der Waals surface area contributed by atoms with Gasteiger partial charge in [-0.15, -0.1) is 0 Å². The second-order valence-corrected chi connectivity index (χ2v) is 4.11. The van der Waals surface area contributed by atoms with Crippen molar-refractivity contribution < 1.29 is 0 Å². The van der Waals surface area contributed by atoms with Crippen molar-refractivity contribution in [2.45, 2.75) is 33.1 Å².